The lowest BCUT2D eigenvalue weighted by molar-refractivity contribution is -0.385. The van der Waals surface area contributed by atoms with Crippen LogP contribution in [0.3, 0.4) is 0 Å². The number of benzene rings is 2. The van der Waals surface area contributed by atoms with E-state index in [1.165, 1.54) is 24.3 Å². The Labute approximate surface area is 129 Å². The van der Waals surface area contributed by atoms with Crippen LogP contribution in [0.25, 0.3) is 0 Å². The van der Waals surface area contributed by atoms with Crippen LogP contribution in [0.2, 0.25) is 0 Å². The predicted molar refractivity (Wildman–Crippen MR) is 81.7 cm³/mol. The minimum atomic E-state index is -0.480. The van der Waals surface area contributed by atoms with Crippen molar-refractivity contribution >= 4 is 21.6 Å². The summed E-state index contributed by atoms with van der Waals surface area (Å²) in [4.78, 5) is 10.7. The fraction of sp³-hybridized carbons (Fsp3) is 0.200. The molecule has 0 bridgehead atoms. The lowest BCUT2D eigenvalue weighted by Crippen LogP contribution is -1.98. The largest absolute Gasteiger partial charge is 0.450 e. The minimum Gasteiger partial charge on any atom is -0.450 e. The third-order valence-corrected chi connectivity index (χ3v) is 3.58. The first kappa shape index (κ1) is 15.4. The van der Waals surface area contributed by atoms with Crippen molar-refractivity contribution < 1.29 is 14.1 Å². The molecule has 6 heteroatoms. The van der Waals surface area contributed by atoms with Crippen LogP contribution >= 0.6 is 15.9 Å². The van der Waals surface area contributed by atoms with E-state index in [-0.39, 0.29) is 17.3 Å². The van der Waals surface area contributed by atoms with Gasteiger partial charge in [0, 0.05) is 17.0 Å². The minimum absolute atomic E-state index is 0.0997. The Kier molecular flexibility index (Phi) is 4.57. The fourth-order valence-corrected chi connectivity index (χ4v) is 2.50. The van der Waals surface area contributed by atoms with Gasteiger partial charge in [-0.1, -0.05) is 22.0 Å². The van der Waals surface area contributed by atoms with Gasteiger partial charge in [0.2, 0.25) is 5.75 Å². The first-order chi connectivity index (χ1) is 9.92. The molecule has 0 aliphatic rings. The van der Waals surface area contributed by atoms with E-state index in [9.17, 15) is 14.5 Å². The van der Waals surface area contributed by atoms with Crippen LogP contribution in [-0.4, -0.2) is 4.92 Å². The molecule has 0 spiro atoms. The van der Waals surface area contributed by atoms with Crippen molar-refractivity contribution in [3.8, 4) is 11.5 Å². The number of ether oxygens (including phenoxy) is 1. The van der Waals surface area contributed by atoms with E-state index in [2.05, 4.69) is 15.9 Å². The Morgan fingerprint density at radius 2 is 2.00 bits per heavy atom. The summed E-state index contributed by atoms with van der Waals surface area (Å²) in [6, 6.07) is 7.32. The van der Waals surface area contributed by atoms with Crippen LogP contribution in [0.5, 0.6) is 11.5 Å². The second kappa shape index (κ2) is 6.22. The molecule has 0 aliphatic carbocycles. The summed E-state index contributed by atoms with van der Waals surface area (Å²) in [5, 5.41) is 11.6. The van der Waals surface area contributed by atoms with Crippen LogP contribution < -0.4 is 4.74 Å². The van der Waals surface area contributed by atoms with Gasteiger partial charge in [-0.2, -0.15) is 0 Å². The van der Waals surface area contributed by atoms with Gasteiger partial charge in [0.05, 0.1) is 4.92 Å². The normalized spacial score (nSPS) is 10.5. The second-order valence-electron chi connectivity index (χ2n) is 4.67. The van der Waals surface area contributed by atoms with Crippen LogP contribution in [0.15, 0.2) is 30.3 Å². The fourth-order valence-electron chi connectivity index (χ4n) is 2.06. The summed E-state index contributed by atoms with van der Waals surface area (Å²) >= 11 is 3.25. The van der Waals surface area contributed by atoms with E-state index in [0.717, 1.165) is 5.56 Å². The Morgan fingerprint density at radius 1 is 1.29 bits per heavy atom. The third-order valence-electron chi connectivity index (χ3n) is 2.97. The summed E-state index contributed by atoms with van der Waals surface area (Å²) in [6.07, 6.45) is 0. The number of hydrogen-bond acceptors (Lipinski definition) is 3. The first-order valence-electron chi connectivity index (χ1n) is 6.20. The maximum absolute atomic E-state index is 13.2. The highest BCUT2D eigenvalue weighted by atomic mass is 79.9. The van der Waals surface area contributed by atoms with E-state index < -0.39 is 4.92 Å². The molecule has 0 amide bonds. The zero-order valence-corrected chi connectivity index (χ0v) is 13.1. The first-order valence-corrected chi connectivity index (χ1v) is 7.32. The molecule has 0 atom stereocenters. The predicted octanol–water partition coefficient (Wildman–Crippen LogP) is 5.04. The quantitative estimate of drug-likeness (QED) is 0.439. The highest BCUT2D eigenvalue weighted by Crippen LogP contribution is 2.37. The number of halogens is 2. The van der Waals surface area contributed by atoms with Crippen molar-refractivity contribution in [2.75, 3.05) is 0 Å². The molecule has 21 heavy (non-hydrogen) atoms. The maximum atomic E-state index is 13.2. The van der Waals surface area contributed by atoms with E-state index >= 15 is 0 Å². The number of nitrogens with zero attached hydrogens (tertiary/aromatic N) is 1. The molecule has 0 aromatic heterocycles. The lowest BCUT2D eigenvalue weighted by atomic mass is 10.1. The standard InChI is InChI=1S/C15H13BrFNO3/c1-9-5-10(2)15(13(6-9)18(19)20)21-14-4-3-12(17)7-11(14)8-16/h3-7H,8H2,1-2H3. The van der Waals surface area contributed by atoms with Crippen molar-refractivity contribution in [1.82, 2.24) is 0 Å². The van der Waals surface area contributed by atoms with Gasteiger partial charge in [-0.15, -0.1) is 0 Å². The smallest absolute Gasteiger partial charge is 0.312 e. The molecule has 4 nitrogen and oxygen atoms in total. The number of nitro benzene ring substituents is 1. The van der Waals surface area contributed by atoms with Gasteiger partial charge in [0.15, 0.2) is 0 Å². The molecular weight excluding hydrogens is 341 g/mol. The molecule has 110 valence electrons. The van der Waals surface area contributed by atoms with E-state index in [0.29, 0.717) is 22.2 Å². The van der Waals surface area contributed by atoms with Gasteiger partial charge in [-0.25, -0.2) is 4.39 Å². The molecule has 2 aromatic rings. The molecule has 2 aromatic carbocycles. The molecule has 0 fully saturated rings. The van der Waals surface area contributed by atoms with Crippen molar-refractivity contribution in [3.05, 3.63) is 63.0 Å². The van der Waals surface area contributed by atoms with Gasteiger partial charge in [0.25, 0.3) is 0 Å². The molecular formula is C15H13BrFNO3. The molecule has 0 saturated heterocycles. The molecule has 0 N–H and O–H groups in total. The van der Waals surface area contributed by atoms with E-state index in [1.54, 1.807) is 19.9 Å². The van der Waals surface area contributed by atoms with Gasteiger partial charge in [-0.3, -0.25) is 10.1 Å². The highest BCUT2D eigenvalue weighted by Gasteiger charge is 2.20. The highest BCUT2D eigenvalue weighted by molar-refractivity contribution is 9.08. The molecule has 0 unspecified atom stereocenters. The monoisotopic (exact) mass is 353 g/mol. The van der Waals surface area contributed by atoms with Crippen molar-refractivity contribution in [3.63, 3.8) is 0 Å². The summed E-state index contributed by atoms with van der Waals surface area (Å²) in [5.74, 6) is 0.190. The molecule has 0 saturated carbocycles. The Balaban J connectivity index is 2.51. The Hall–Kier alpha value is -1.95. The molecule has 2 rings (SSSR count). The Morgan fingerprint density at radius 3 is 2.62 bits per heavy atom. The number of aryl methyl sites for hydroxylation is 2. The van der Waals surface area contributed by atoms with Gasteiger partial charge in [0.1, 0.15) is 11.6 Å². The van der Waals surface area contributed by atoms with E-state index in [4.69, 9.17) is 4.74 Å². The lowest BCUT2D eigenvalue weighted by Gasteiger charge is -2.12. The summed E-state index contributed by atoms with van der Waals surface area (Å²) in [6.45, 7) is 3.53. The summed E-state index contributed by atoms with van der Waals surface area (Å²) in [5.41, 5.74) is 1.93. The van der Waals surface area contributed by atoms with Crippen LogP contribution in [-0.2, 0) is 5.33 Å². The third kappa shape index (κ3) is 3.39. The number of alkyl halides is 1. The Bertz CT molecular complexity index is 704. The average molecular weight is 354 g/mol. The van der Waals surface area contributed by atoms with E-state index in [1.807, 2.05) is 0 Å². The molecule has 0 radical (unpaired) electrons. The van der Waals surface area contributed by atoms with Gasteiger partial charge >= 0.3 is 5.69 Å². The number of nitro groups is 1. The van der Waals surface area contributed by atoms with Gasteiger partial charge in [-0.05, 0) is 43.2 Å². The summed E-state index contributed by atoms with van der Waals surface area (Å²) < 4.78 is 18.9. The van der Waals surface area contributed by atoms with Crippen LogP contribution in [0.4, 0.5) is 10.1 Å². The number of hydrogen-bond donors (Lipinski definition) is 0. The maximum Gasteiger partial charge on any atom is 0.312 e. The van der Waals surface area contributed by atoms with Crippen molar-refractivity contribution in [2.45, 2.75) is 19.2 Å². The zero-order chi connectivity index (χ0) is 15.6. The second-order valence-corrected chi connectivity index (χ2v) is 5.24. The zero-order valence-electron chi connectivity index (χ0n) is 11.5. The molecule has 0 aliphatic heterocycles. The average Bonchev–Trinajstić information content (AvgIpc) is 2.42. The SMILES string of the molecule is Cc1cc(C)c(Oc2ccc(F)cc2CBr)c([N+](=O)[O-])c1. The van der Waals surface area contributed by atoms with Crippen LogP contribution in [0.1, 0.15) is 16.7 Å². The number of rotatable bonds is 4. The van der Waals surface area contributed by atoms with Crippen LogP contribution in [0, 0.1) is 29.8 Å². The van der Waals surface area contributed by atoms with Gasteiger partial charge < -0.3 is 4.74 Å². The topological polar surface area (TPSA) is 52.4 Å². The van der Waals surface area contributed by atoms with Crippen molar-refractivity contribution in [2.24, 2.45) is 0 Å². The molecule has 0 heterocycles. The van der Waals surface area contributed by atoms with Crippen molar-refractivity contribution in [1.29, 1.82) is 0 Å². The summed E-state index contributed by atoms with van der Waals surface area (Å²) in [7, 11) is 0.